The zero-order valence-electron chi connectivity index (χ0n) is 14.6. The molecule has 1 aliphatic heterocycles. The van der Waals surface area contributed by atoms with Crippen molar-refractivity contribution in [2.45, 2.75) is 31.9 Å². The van der Waals surface area contributed by atoms with Crippen molar-refractivity contribution in [2.24, 2.45) is 7.05 Å². The Morgan fingerprint density at radius 3 is 2.69 bits per heavy atom. The Labute approximate surface area is 149 Å². The van der Waals surface area contributed by atoms with Crippen LogP contribution in [0.5, 0.6) is 0 Å². The largest absolute Gasteiger partial charge is 0.419 e. The lowest BCUT2D eigenvalue weighted by molar-refractivity contribution is 0.0112. The topological polar surface area (TPSA) is 60.0 Å². The van der Waals surface area contributed by atoms with Crippen LogP contribution < -0.4 is 0 Å². The molecule has 0 bridgehead atoms. The van der Waals surface area contributed by atoms with E-state index in [-0.39, 0.29) is 18.9 Å². The number of halogens is 2. The molecule has 1 atom stereocenters. The molecule has 1 saturated heterocycles. The predicted molar refractivity (Wildman–Crippen MR) is 90.4 cm³/mol. The molecule has 3 aromatic rings. The highest BCUT2D eigenvalue weighted by atomic mass is 19.3. The van der Waals surface area contributed by atoms with Gasteiger partial charge in [-0.15, -0.1) is 10.2 Å². The second-order valence-electron chi connectivity index (χ2n) is 6.71. The molecule has 2 aromatic heterocycles. The third kappa shape index (κ3) is 3.24. The van der Waals surface area contributed by atoms with Crippen LogP contribution in [0.25, 0.3) is 11.5 Å². The minimum Gasteiger partial charge on any atom is -0.419 e. The van der Waals surface area contributed by atoms with Gasteiger partial charge in [-0.05, 0) is 19.1 Å². The summed E-state index contributed by atoms with van der Waals surface area (Å²) in [5.74, 6) is -2.22. The van der Waals surface area contributed by atoms with E-state index in [1.807, 2.05) is 50.5 Å². The zero-order valence-corrected chi connectivity index (χ0v) is 14.6. The van der Waals surface area contributed by atoms with Crippen LogP contribution >= 0.6 is 0 Å². The minimum atomic E-state index is -2.79. The molecule has 8 heteroatoms. The number of hydrogen-bond donors (Lipinski definition) is 0. The summed E-state index contributed by atoms with van der Waals surface area (Å²) in [5.41, 5.74) is 2.51. The summed E-state index contributed by atoms with van der Waals surface area (Å²) in [4.78, 5) is 1.69. The van der Waals surface area contributed by atoms with Crippen LogP contribution in [-0.2, 0) is 13.6 Å². The molecule has 136 valence electrons. The Kier molecular flexibility index (Phi) is 4.07. The van der Waals surface area contributed by atoms with Crippen LogP contribution in [-0.4, -0.2) is 37.3 Å². The quantitative estimate of drug-likeness (QED) is 0.715. The van der Waals surface area contributed by atoms with Gasteiger partial charge in [0, 0.05) is 37.3 Å². The number of alkyl halides is 2. The molecule has 26 heavy (non-hydrogen) atoms. The molecule has 1 aromatic carbocycles. The Morgan fingerprint density at radius 1 is 1.23 bits per heavy atom. The maximum Gasteiger partial charge on any atom is 0.262 e. The Balaban J connectivity index is 1.61. The van der Waals surface area contributed by atoms with Gasteiger partial charge in [0.1, 0.15) is 0 Å². The summed E-state index contributed by atoms with van der Waals surface area (Å²) in [6, 6.07) is 8.68. The van der Waals surface area contributed by atoms with Crippen molar-refractivity contribution < 1.29 is 13.2 Å². The molecule has 0 aliphatic carbocycles. The molecule has 0 amide bonds. The van der Waals surface area contributed by atoms with Gasteiger partial charge in [-0.3, -0.25) is 9.58 Å². The molecule has 0 radical (unpaired) electrons. The Bertz CT molecular complexity index is 905. The molecule has 0 unspecified atom stereocenters. The normalized spacial score (nSPS) is 19.9. The van der Waals surface area contributed by atoms with E-state index in [1.165, 1.54) is 0 Å². The van der Waals surface area contributed by atoms with Gasteiger partial charge in [0.25, 0.3) is 5.92 Å². The minimum absolute atomic E-state index is 0.225. The Hall–Kier alpha value is -2.61. The molecule has 1 fully saturated rings. The van der Waals surface area contributed by atoms with E-state index in [4.69, 9.17) is 4.42 Å². The monoisotopic (exact) mass is 359 g/mol. The first kappa shape index (κ1) is 16.8. The zero-order chi connectivity index (χ0) is 18.3. The fourth-order valence-corrected chi connectivity index (χ4v) is 3.38. The highest BCUT2D eigenvalue weighted by Crippen LogP contribution is 2.42. The molecule has 4 rings (SSSR count). The van der Waals surface area contributed by atoms with Crippen molar-refractivity contribution in [3.63, 3.8) is 0 Å². The number of nitrogens with zero attached hydrogens (tertiary/aromatic N) is 5. The third-order valence-corrected chi connectivity index (χ3v) is 4.60. The average Bonchev–Trinajstić information content (AvgIpc) is 3.27. The summed E-state index contributed by atoms with van der Waals surface area (Å²) in [6.07, 6.45) is 1.52. The van der Waals surface area contributed by atoms with Gasteiger partial charge < -0.3 is 4.42 Å². The highest BCUT2D eigenvalue weighted by Gasteiger charge is 2.47. The second-order valence-corrected chi connectivity index (χ2v) is 6.71. The van der Waals surface area contributed by atoms with Crippen LogP contribution in [0.15, 0.2) is 40.9 Å². The number of hydrogen-bond acceptors (Lipinski definition) is 5. The molecule has 0 saturated carbocycles. The van der Waals surface area contributed by atoms with Crippen molar-refractivity contribution in [1.82, 2.24) is 24.9 Å². The van der Waals surface area contributed by atoms with Crippen LogP contribution in [0, 0.1) is 6.92 Å². The predicted octanol–water partition coefficient (Wildman–Crippen LogP) is 3.36. The van der Waals surface area contributed by atoms with Gasteiger partial charge in [0.15, 0.2) is 0 Å². The first-order valence-corrected chi connectivity index (χ1v) is 8.41. The maximum atomic E-state index is 14.1. The number of likely N-dealkylation sites (tertiary alicyclic amines) is 1. The van der Waals surface area contributed by atoms with Gasteiger partial charge >= 0.3 is 0 Å². The van der Waals surface area contributed by atoms with Crippen molar-refractivity contribution in [3.05, 3.63) is 53.7 Å². The van der Waals surface area contributed by atoms with E-state index in [9.17, 15) is 8.78 Å². The first-order valence-electron chi connectivity index (χ1n) is 8.41. The van der Waals surface area contributed by atoms with Gasteiger partial charge in [0.05, 0.1) is 18.3 Å². The van der Waals surface area contributed by atoms with Crippen LogP contribution in [0.1, 0.15) is 29.6 Å². The fraction of sp³-hybridized carbons (Fsp3) is 0.389. The standard InChI is InChI=1S/C18H19F2N5O/c1-12-14(9-24(2)23-12)10-25-11-18(19,20)8-15(25)17-22-21-16(26-17)13-6-4-3-5-7-13/h3-7,9,15H,8,10-11H2,1-2H3/t15-/m0/s1. The van der Waals surface area contributed by atoms with Gasteiger partial charge in [-0.2, -0.15) is 5.10 Å². The van der Waals surface area contributed by atoms with E-state index >= 15 is 0 Å². The lowest BCUT2D eigenvalue weighted by Gasteiger charge is -2.20. The molecule has 1 aliphatic rings. The number of aryl methyl sites for hydroxylation is 2. The van der Waals surface area contributed by atoms with Crippen molar-refractivity contribution >= 4 is 0 Å². The third-order valence-electron chi connectivity index (χ3n) is 4.60. The maximum absolute atomic E-state index is 14.1. The van der Waals surface area contributed by atoms with E-state index in [0.29, 0.717) is 12.4 Å². The van der Waals surface area contributed by atoms with Crippen molar-refractivity contribution in [2.75, 3.05) is 6.54 Å². The van der Waals surface area contributed by atoms with E-state index in [0.717, 1.165) is 16.8 Å². The van der Waals surface area contributed by atoms with Gasteiger partial charge in [-0.1, -0.05) is 18.2 Å². The lowest BCUT2D eigenvalue weighted by Crippen LogP contribution is -2.26. The van der Waals surface area contributed by atoms with Gasteiger partial charge in [-0.25, -0.2) is 8.78 Å². The Morgan fingerprint density at radius 2 is 2.00 bits per heavy atom. The van der Waals surface area contributed by atoms with Crippen LogP contribution in [0.3, 0.4) is 0 Å². The molecule has 3 heterocycles. The fourth-order valence-electron chi connectivity index (χ4n) is 3.38. The summed E-state index contributed by atoms with van der Waals surface area (Å²) in [7, 11) is 1.82. The molecule has 0 N–H and O–H groups in total. The number of benzene rings is 1. The highest BCUT2D eigenvalue weighted by molar-refractivity contribution is 5.51. The smallest absolute Gasteiger partial charge is 0.262 e. The molecule has 6 nitrogen and oxygen atoms in total. The first-order chi connectivity index (χ1) is 12.4. The van der Waals surface area contributed by atoms with E-state index in [2.05, 4.69) is 15.3 Å². The molecule has 0 spiro atoms. The van der Waals surface area contributed by atoms with Crippen LogP contribution in [0.2, 0.25) is 0 Å². The lowest BCUT2D eigenvalue weighted by atomic mass is 10.2. The summed E-state index contributed by atoms with van der Waals surface area (Å²) >= 11 is 0. The van der Waals surface area contributed by atoms with Crippen molar-refractivity contribution in [3.8, 4) is 11.5 Å². The van der Waals surface area contributed by atoms with E-state index < -0.39 is 12.0 Å². The summed E-state index contributed by atoms with van der Waals surface area (Å²) in [5, 5.41) is 12.4. The summed E-state index contributed by atoms with van der Waals surface area (Å²) < 4.78 is 35.7. The van der Waals surface area contributed by atoms with Gasteiger partial charge in [0.2, 0.25) is 11.8 Å². The number of rotatable bonds is 4. The average molecular weight is 359 g/mol. The van der Waals surface area contributed by atoms with Crippen molar-refractivity contribution in [1.29, 1.82) is 0 Å². The van der Waals surface area contributed by atoms with E-state index in [1.54, 1.807) is 9.58 Å². The second kappa shape index (κ2) is 6.28. The van der Waals surface area contributed by atoms with Crippen LogP contribution in [0.4, 0.5) is 8.78 Å². The molecular weight excluding hydrogens is 340 g/mol. The SMILES string of the molecule is Cc1nn(C)cc1CN1CC(F)(F)C[C@H]1c1nnc(-c2ccccc2)o1. The summed E-state index contributed by atoms with van der Waals surface area (Å²) in [6.45, 7) is 1.90. The number of aromatic nitrogens is 4. The molecular formula is C18H19F2N5O.